The molecule has 1 saturated heterocycles. The Balaban J connectivity index is 1.54. The molecule has 0 radical (unpaired) electrons. The van der Waals surface area contributed by atoms with Crippen LogP contribution in [0.5, 0.6) is 5.75 Å². The molecule has 3 rings (SSSR count). The van der Waals surface area contributed by atoms with Gasteiger partial charge in [-0.25, -0.2) is 0 Å². The number of benzene rings is 1. The van der Waals surface area contributed by atoms with E-state index in [-0.39, 0.29) is 5.91 Å². The van der Waals surface area contributed by atoms with Crippen LogP contribution in [0.3, 0.4) is 0 Å². The number of carbonyl (C=O) groups excluding carboxylic acids is 1. The van der Waals surface area contributed by atoms with E-state index in [1.165, 1.54) is 0 Å². The van der Waals surface area contributed by atoms with E-state index >= 15 is 0 Å². The highest BCUT2D eigenvalue weighted by Gasteiger charge is 2.52. The van der Waals surface area contributed by atoms with Crippen molar-refractivity contribution < 1.29 is 14.6 Å². The van der Waals surface area contributed by atoms with Gasteiger partial charge in [-0.2, -0.15) is 0 Å². The molecule has 1 saturated carbocycles. The predicted octanol–water partition coefficient (Wildman–Crippen LogP) is 1.69. The third-order valence-electron chi connectivity index (χ3n) is 4.11. The summed E-state index contributed by atoms with van der Waals surface area (Å²) in [5.41, 5.74) is 0.348. The van der Waals surface area contributed by atoms with E-state index in [2.05, 4.69) is 0 Å². The normalized spacial score (nSPS) is 20.8. The number of hydrogen-bond acceptors (Lipinski definition) is 3. The molecule has 4 heteroatoms. The maximum Gasteiger partial charge on any atom is 0.246 e. The number of hydrogen-bond donors (Lipinski definition) is 1. The van der Waals surface area contributed by atoms with Crippen LogP contribution in [0.1, 0.15) is 18.4 Å². The summed E-state index contributed by atoms with van der Waals surface area (Å²) in [6, 6.07) is 7.53. The number of rotatable bonds is 4. The first-order valence-corrected chi connectivity index (χ1v) is 6.94. The summed E-state index contributed by atoms with van der Waals surface area (Å²) >= 11 is 0. The molecular formula is C16H19NO3. The molecule has 1 amide bonds. The van der Waals surface area contributed by atoms with Crippen LogP contribution in [-0.2, 0) is 4.79 Å². The number of ether oxygens (including phenoxy) is 1. The Morgan fingerprint density at radius 2 is 2.00 bits per heavy atom. The van der Waals surface area contributed by atoms with E-state index in [0.717, 1.165) is 24.2 Å². The maximum atomic E-state index is 12.0. The van der Waals surface area contributed by atoms with E-state index in [4.69, 9.17) is 4.74 Å². The van der Waals surface area contributed by atoms with Gasteiger partial charge in [0.15, 0.2) is 0 Å². The molecule has 0 spiro atoms. The first-order chi connectivity index (χ1) is 9.60. The average molecular weight is 273 g/mol. The van der Waals surface area contributed by atoms with Gasteiger partial charge in [-0.15, -0.1) is 0 Å². The van der Waals surface area contributed by atoms with Crippen molar-refractivity contribution in [2.75, 3.05) is 20.2 Å². The summed E-state index contributed by atoms with van der Waals surface area (Å²) in [5.74, 6) is 1.17. The van der Waals surface area contributed by atoms with Gasteiger partial charge < -0.3 is 14.7 Å². The molecule has 2 aliphatic rings. The molecule has 0 atom stereocenters. The zero-order valence-electron chi connectivity index (χ0n) is 11.6. The summed E-state index contributed by atoms with van der Waals surface area (Å²) in [6.07, 6.45) is 5.55. The number of carbonyl (C=O) groups is 1. The highest BCUT2D eigenvalue weighted by atomic mass is 16.5. The van der Waals surface area contributed by atoms with Gasteiger partial charge in [-0.05, 0) is 42.5 Å². The molecule has 0 aromatic heterocycles. The minimum absolute atomic E-state index is 0.0360. The third-order valence-corrected chi connectivity index (χ3v) is 4.11. The predicted molar refractivity (Wildman–Crippen MR) is 76.3 cm³/mol. The van der Waals surface area contributed by atoms with E-state index in [1.54, 1.807) is 24.2 Å². The van der Waals surface area contributed by atoms with Crippen molar-refractivity contribution in [3.8, 4) is 5.75 Å². The Bertz CT molecular complexity index is 525. The van der Waals surface area contributed by atoms with Gasteiger partial charge in [0.2, 0.25) is 5.91 Å². The molecule has 0 bridgehead atoms. The Hall–Kier alpha value is -1.81. The Morgan fingerprint density at radius 1 is 1.35 bits per heavy atom. The van der Waals surface area contributed by atoms with Gasteiger partial charge in [0.25, 0.3) is 0 Å². The lowest BCUT2D eigenvalue weighted by Gasteiger charge is -2.46. The van der Waals surface area contributed by atoms with E-state index < -0.39 is 5.60 Å². The van der Waals surface area contributed by atoms with Crippen LogP contribution in [0.15, 0.2) is 30.3 Å². The van der Waals surface area contributed by atoms with E-state index in [1.807, 2.05) is 24.3 Å². The number of β-amino-alcohol motifs (C(OH)–C–C–N with tert-alkyl or cyclic N) is 1. The van der Waals surface area contributed by atoms with Gasteiger partial charge in [-0.3, -0.25) is 4.79 Å². The lowest BCUT2D eigenvalue weighted by molar-refractivity contribution is -0.154. The quantitative estimate of drug-likeness (QED) is 0.849. The topological polar surface area (TPSA) is 49.8 Å². The van der Waals surface area contributed by atoms with Crippen molar-refractivity contribution in [1.82, 2.24) is 4.90 Å². The molecule has 20 heavy (non-hydrogen) atoms. The molecule has 1 N–H and O–H groups in total. The van der Waals surface area contributed by atoms with Gasteiger partial charge in [0.1, 0.15) is 11.4 Å². The van der Waals surface area contributed by atoms with Crippen LogP contribution in [0.2, 0.25) is 0 Å². The second kappa shape index (κ2) is 4.94. The van der Waals surface area contributed by atoms with E-state index in [0.29, 0.717) is 19.0 Å². The average Bonchev–Trinajstić information content (AvgIpc) is 3.26. The van der Waals surface area contributed by atoms with Crippen LogP contribution in [-0.4, -0.2) is 41.7 Å². The molecule has 1 aliphatic heterocycles. The molecule has 1 aliphatic carbocycles. The largest absolute Gasteiger partial charge is 0.497 e. The van der Waals surface area contributed by atoms with E-state index in [9.17, 15) is 9.90 Å². The highest BCUT2D eigenvalue weighted by molar-refractivity contribution is 5.92. The zero-order chi connectivity index (χ0) is 14.2. The van der Waals surface area contributed by atoms with Crippen molar-refractivity contribution in [3.05, 3.63) is 35.9 Å². The van der Waals surface area contributed by atoms with Crippen LogP contribution >= 0.6 is 0 Å². The molecule has 0 unspecified atom stereocenters. The number of methoxy groups -OCH3 is 1. The van der Waals surface area contributed by atoms with Crippen molar-refractivity contribution in [1.29, 1.82) is 0 Å². The standard InChI is InChI=1S/C16H19NO3/c1-20-14-7-2-12(3-8-14)4-9-15(18)17-10-16(19,11-17)13-5-6-13/h2-4,7-9,13,19H,5-6,10-11H2,1H3. The number of likely N-dealkylation sites (tertiary alicyclic amines) is 1. The van der Waals surface area contributed by atoms with Crippen LogP contribution in [0.25, 0.3) is 6.08 Å². The minimum Gasteiger partial charge on any atom is -0.497 e. The molecule has 4 nitrogen and oxygen atoms in total. The van der Waals surface area contributed by atoms with Gasteiger partial charge in [0.05, 0.1) is 20.2 Å². The number of aliphatic hydroxyl groups is 1. The lowest BCUT2D eigenvalue weighted by Crippen LogP contribution is -2.64. The van der Waals surface area contributed by atoms with Crippen molar-refractivity contribution in [3.63, 3.8) is 0 Å². The highest BCUT2D eigenvalue weighted by Crippen LogP contribution is 2.44. The maximum absolute atomic E-state index is 12.0. The second-order valence-corrected chi connectivity index (χ2v) is 5.68. The fraction of sp³-hybridized carbons (Fsp3) is 0.438. The van der Waals surface area contributed by atoms with Gasteiger partial charge >= 0.3 is 0 Å². The smallest absolute Gasteiger partial charge is 0.246 e. The monoisotopic (exact) mass is 273 g/mol. The molecular weight excluding hydrogens is 254 g/mol. The fourth-order valence-electron chi connectivity index (χ4n) is 2.64. The lowest BCUT2D eigenvalue weighted by atomic mass is 9.88. The molecule has 1 aromatic rings. The third kappa shape index (κ3) is 2.56. The molecule has 2 fully saturated rings. The van der Waals surface area contributed by atoms with Crippen molar-refractivity contribution in [2.45, 2.75) is 18.4 Å². The molecule has 106 valence electrons. The fourth-order valence-corrected chi connectivity index (χ4v) is 2.64. The van der Waals surface area contributed by atoms with Crippen LogP contribution < -0.4 is 4.74 Å². The molecule has 1 aromatic carbocycles. The number of amides is 1. The zero-order valence-corrected chi connectivity index (χ0v) is 11.6. The summed E-state index contributed by atoms with van der Waals surface area (Å²) in [4.78, 5) is 13.6. The molecule has 1 heterocycles. The van der Waals surface area contributed by atoms with Crippen molar-refractivity contribution in [2.24, 2.45) is 5.92 Å². The summed E-state index contributed by atoms with van der Waals surface area (Å²) in [6.45, 7) is 0.951. The number of nitrogens with zero attached hydrogens (tertiary/aromatic N) is 1. The summed E-state index contributed by atoms with van der Waals surface area (Å²) in [7, 11) is 1.62. The van der Waals surface area contributed by atoms with Gasteiger partial charge in [0, 0.05) is 6.08 Å². The van der Waals surface area contributed by atoms with Crippen molar-refractivity contribution >= 4 is 12.0 Å². The van der Waals surface area contributed by atoms with Crippen LogP contribution in [0.4, 0.5) is 0 Å². The summed E-state index contributed by atoms with van der Waals surface area (Å²) < 4.78 is 5.08. The Labute approximate surface area is 118 Å². The second-order valence-electron chi connectivity index (χ2n) is 5.68. The van der Waals surface area contributed by atoms with Gasteiger partial charge in [-0.1, -0.05) is 12.1 Å². The SMILES string of the molecule is COc1ccc(C=CC(=O)N2CC(O)(C3CC3)C2)cc1. The first kappa shape index (κ1) is 13.2. The minimum atomic E-state index is -0.608. The Kier molecular flexibility index (Phi) is 3.26. The summed E-state index contributed by atoms with van der Waals surface area (Å²) in [5, 5.41) is 10.2. The first-order valence-electron chi connectivity index (χ1n) is 6.94. The Morgan fingerprint density at radius 3 is 2.55 bits per heavy atom. The van der Waals surface area contributed by atoms with Crippen LogP contribution in [0, 0.1) is 5.92 Å².